The van der Waals surface area contributed by atoms with Crippen LogP contribution in [0, 0.1) is 10.1 Å². The van der Waals surface area contributed by atoms with Crippen LogP contribution in [0.4, 0.5) is 11.4 Å². The molecule has 0 fully saturated rings. The fourth-order valence-electron chi connectivity index (χ4n) is 1.99. The van der Waals surface area contributed by atoms with Crippen molar-refractivity contribution < 1.29 is 14.5 Å². The lowest BCUT2D eigenvalue weighted by atomic mass is 10.1. The zero-order chi connectivity index (χ0) is 17.8. The quantitative estimate of drug-likeness (QED) is 0.633. The van der Waals surface area contributed by atoms with Gasteiger partial charge in [-0.25, -0.2) is 0 Å². The van der Waals surface area contributed by atoms with Crippen LogP contribution in [0.1, 0.15) is 31.1 Å². The molecule has 23 heavy (non-hydrogen) atoms. The molecule has 0 heterocycles. The van der Waals surface area contributed by atoms with Crippen molar-refractivity contribution in [2.24, 2.45) is 0 Å². The summed E-state index contributed by atoms with van der Waals surface area (Å²) < 4.78 is 0. The molecule has 0 atom stereocenters. The second-order valence-corrected chi connectivity index (χ2v) is 6.20. The van der Waals surface area contributed by atoms with Gasteiger partial charge < -0.3 is 15.5 Å². The molecule has 8 heteroatoms. The van der Waals surface area contributed by atoms with Crippen LogP contribution in [0.25, 0.3) is 0 Å². The SMILES string of the molecule is CNc1ccc([N+](=O)[O-])cc1C(=O)N(C)CC(=O)NC(C)(C)C. The number of anilines is 1. The number of carbonyl (C=O) groups is 2. The highest BCUT2D eigenvalue weighted by molar-refractivity contribution is 6.01. The van der Waals surface area contributed by atoms with Crippen molar-refractivity contribution in [3.05, 3.63) is 33.9 Å². The summed E-state index contributed by atoms with van der Waals surface area (Å²) in [7, 11) is 3.09. The van der Waals surface area contributed by atoms with Gasteiger partial charge in [-0.1, -0.05) is 0 Å². The van der Waals surface area contributed by atoms with E-state index in [-0.39, 0.29) is 23.7 Å². The molecule has 0 saturated heterocycles. The van der Waals surface area contributed by atoms with Crippen LogP contribution in [-0.4, -0.2) is 47.8 Å². The summed E-state index contributed by atoms with van der Waals surface area (Å²) in [6.07, 6.45) is 0. The number of rotatable bonds is 5. The Morgan fingerprint density at radius 2 is 1.91 bits per heavy atom. The molecule has 1 rings (SSSR count). The third kappa shape index (κ3) is 5.24. The van der Waals surface area contributed by atoms with Gasteiger partial charge in [-0.2, -0.15) is 0 Å². The molecule has 0 aliphatic carbocycles. The molecule has 2 amide bonds. The number of likely N-dealkylation sites (N-methyl/N-ethyl adjacent to an activating group) is 1. The van der Waals surface area contributed by atoms with Gasteiger partial charge in [-0.3, -0.25) is 19.7 Å². The third-order valence-corrected chi connectivity index (χ3v) is 2.96. The summed E-state index contributed by atoms with van der Waals surface area (Å²) in [6, 6.07) is 3.98. The second-order valence-electron chi connectivity index (χ2n) is 6.20. The number of hydrogen-bond donors (Lipinski definition) is 2. The Morgan fingerprint density at radius 3 is 2.39 bits per heavy atom. The predicted octanol–water partition coefficient (Wildman–Crippen LogP) is 1.62. The molecule has 0 aromatic heterocycles. The number of nitrogens with one attached hydrogen (secondary N) is 2. The summed E-state index contributed by atoms with van der Waals surface area (Å²) in [5.41, 5.74) is 0.0270. The first-order chi connectivity index (χ1) is 10.5. The standard InChI is InChI=1S/C15H22N4O4/c1-15(2,3)17-13(20)9-18(5)14(21)11-8-10(19(22)23)6-7-12(11)16-4/h6-8,16H,9H2,1-5H3,(H,17,20). The lowest BCUT2D eigenvalue weighted by Gasteiger charge is -2.23. The van der Waals surface area contributed by atoms with Gasteiger partial charge >= 0.3 is 0 Å². The van der Waals surface area contributed by atoms with Crippen LogP contribution in [-0.2, 0) is 4.79 Å². The normalized spacial score (nSPS) is 10.8. The molecule has 0 saturated carbocycles. The average Bonchev–Trinajstić information content (AvgIpc) is 2.43. The minimum Gasteiger partial charge on any atom is -0.387 e. The summed E-state index contributed by atoms with van der Waals surface area (Å²) in [4.78, 5) is 35.9. The number of non-ortho nitro benzene ring substituents is 1. The summed E-state index contributed by atoms with van der Waals surface area (Å²) in [5, 5.41) is 16.5. The van der Waals surface area contributed by atoms with Gasteiger partial charge in [-0.05, 0) is 26.8 Å². The van der Waals surface area contributed by atoms with Gasteiger partial charge in [-0.15, -0.1) is 0 Å². The molecule has 1 aromatic rings. The first-order valence-corrected chi connectivity index (χ1v) is 7.08. The number of amides is 2. The maximum absolute atomic E-state index is 12.5. The van der Waals surface area contributed by atoms with Crippen LogP contribution in [0.15, 0.2) is 18.2 Å². The smallest absolute Gasteiger partial charge is 0.270 e. The molecular formula is C15H22N4O4. The van der Waals surface area contributed by atoms with Gasteiger partial charge in [0.15, 0.2) is 0 Å². The van der Waals surface area contributed by atoms with Crippen LogP contribution < -0.4 is 10.6 Å². The lowest BCUT2D eigenvalue weighted by molar-refractivity contribution is -0.384. The molecule has 0 bridgehead atoms. The van der Waals surface area contributed by atoms with E-state index >= 15 is 0 Å². The fraction of sp³-hybridized carbons (Fsp3) is 0.467. The zero-order valence-corrected chi connectivity index (χ0v) is 14.0. The number of benzene rings is 1. The van der Waals surface area contributed by atoms with Crippen molar-refractivity contribution in [2.45, 2.75) is 26.3 Å². The summed E-state index contributed by atoms with van der Waals surface area (Å²) in [5.74, 6) is -0.771. The van der Waals surface area contributed by atoms with Crippen LogP contribution in [0.2, 0.25) is 0 Å². The van der Waals surface area contributed by atoms with E-state index in [2.05, 4.69) is 10.6 Å². The molecule has 0 unspecified atom stereocenters. The van der Waals surface area contributed by atoms with E-state index in [0.717, 1.165) is 0 Å². The molecule has 2 N–H and O–H groups in total. The van der Waals surface area contributed by atoms with Crippen molar-refractivity contribution in [3.8, 4) is 0 Å². The van der Waals surface area contributed by atoms with Crippen LogP contribution in [0.3, 0.4) is 0 Å². The van der Waals surface area contributed by atoms with Crippen molar-refractivity contribution in [3.63, 3.8) is 0 Å². The summed E-state index contributed by atoms with van der Waals surface area (Å²) in [6.45, 7) is 5.38. The van der Waals surface area contributed by atoms with Gasteiger partial charge in [0.05, 0.1) is 17.0 Å². The topological polar surface area (TPSA) is 105 Å². The Morgan fingerprint density at radius 1 is 1.30 bits per heavy atom. The molecular weight excluding hydrogens is 300 g/mol. The molecule has 126 valence electrons. The zero-order valence-electron chi connectivity index (χ0n) is 14.0. The Hall–Kier alpha value is -2.64. The van der Waals surface area contributed by atoms with Crippen molar-refractivity contribution >= 4 is 23.2 Å². The number of nitrogens with zero attached hydrogens (tertiary/aromatic N) is 2. The third-order valence-electron chi connectivity index (χ3n) is 2.96. The Kier molecular flexibility index (Phi) is 5.67. The molecule has 0 spiro atoms. The van der Waals surface area contributed by atoms with E-state index in [1.807, 2.05) is 20.8 Å². The second kappa shape index (κ2) is 7.08. The van der Waals surface area contributed by atoms with Gasteiger partial charge in [0.2, 0.25) is 5.91 Å². The maximum Gasteiger partial charge on any atom is 0.270 e. The van der Waals surface area contributed by atoms with E-state index in [0.29, 0.717) is 5.69 Å². The Labute approximate surface area is 135 Å². The number of nitro benzene ring substituents is 1. The van der Waals surface area contributed by atoms with Gasteiger partial charge in [0.25, 0.3) is 11.6 Å². The fourth-order valence-corrected chi connectivity index (χ4v) is 1.99. The highest BCUT2D eigenvalue weighted by Crippen LogP contribution is 2.23. The van der Waals surface area contributed by atoms with Crippen LogP contribution >= 0.6 is 0 Å². The Balaban J connectivity index is 2.97. The van der Waals surface area contributed by atoms with E-state index in [1.54, 1.807) is 7.05 Å². The largest absolute Gasteiger partial charge is 0.387 e. The molecule has 0 radical (unpaired) electrons. The number of nitro groups is 1. The highest BCUT2D eigenvalue weighted by atomic mass is 16.6. The van der Waals surface area contributed by atoms with E-state index < -0.39 is 16.4 Å². The van der Waals surface area contributed by atoms with E-state index in [1.165, 1.54) is 30.1 Å². The van der Waals surface area contributed by atoms with Crippen molar-refractivity contribution in [1.82, 2.24) is 10.2 Å². The minimum atomic E-state index is -0.567. The van der Waals surface area contributed by atoms with Gasteiger partial charge in [0.1, 0.15) is 0 Å². The van der Waals surface area contributed by atoms with Crippen molar-refractivity contribution in [2.75, 3.05) is 26.0 Å². The average molecular weight is 322 g/mol. The van der Waals surface area contributed by atoms with E-state index in [9.17, 15) is 19.7 Å². The van der Waals surface area contributed by atoms with Crippen molar-refractivity contribution in [1.29, 1.82) is 0 Å². The molecule has 0 aliphatic rings. The molecule has 0 aliphatic heterocycles. The monoisotopic (exact) mass is 322 g/mol. The lowest BCUT2D eigenvalue weighted by Crippen LogP contribution is -2.46. The first kappa shape index (κ1) is 18.4. The molecule has 8 nitrogen and oxygen atoms in total. The maximum atomic E-state index is 12.5. The number of hydrogen-bond acceptors (Lipinski definition) is 5. The predicted molar refractivity (Wildman–Crippen MR) is 87.5 cm³/mol. The molecule has 1 aromatic carbocycles. The van der Waals surface area contributed by atoms with Crippen LogP contribution in [0.5, 0.6) is 0 Å². The highest BCUT2D eigenvalue weighted by Gasteiger charge is 2.22. The Bertz CT molecular complexity index is 622. The van der Waals surface area contributed by atoms with Gasteiger partial charge in [0, 0.05) is 37.5 Å². The minimum absolute atomic E-state index is 0.137. The first-order valence-electron chi connectivity index (χ1n) is 7.08. The number of carbonyl (C=O) groups excluding carboxylic acids is 2. The van der Waals surface area contributed by atoms with E-state index in [4.69, 9.17) is 0 Å². The summed E-state index contributed by atoms with van der Waals surface area (Å²) >= 11 is 0.